The minimum absolute atomic E-state index is 0.487. The number of para-hydroxylation sites is 4. The first-order valence-corrected chi connectivity index (χ1v) is 18.6. The van der Waals surface area contributed by atoms with Gasteiger partial charge in [-0.2, -0.15) is 0 Å². The number of benzene rings is 8. The second-order valence-electron chi connectivity index (χ2n) is 14.4. The van der Waals surface area contributed by atoms with E-state index >= 15 is 0 Å². The van der Waals surface area contributed by atoms with Crippen molar-refractivity contribution in [1.82, 2.24) is 4.57 Å². The van der Waals surface area contributed by atoms with E-state index in [4.69, 9.17) is 4.42 Å². The number of nitrogens with zero attached hydrogens (tertiary/aromatic N) is 2. The Hall–Kier alpha value is -7.10. The first kappa shape index (κ1) is 29.5. The van der Waals surface area contributed by atoms with Gasteiger partial charge in [-0.05, 0) is 94.5 Å². The highest BCUT2D eigenvalue weighted by molar-refractivity contribution is 6.11. The van der Waals surface area contributed by atoms with Gasteiger partial charge in [0.1, 0.15) is 11.3 Å². The van der Waals surface area contributed by atoms with Crippen LogP contribution in [0, 0.1) is 0 Å². The summed E-state index contributed by atoms with van der Waals surface area (Å²) in [6.45, 7) is 0. The SMILES string of the molecule is c1ccc(N(c2ccc3c(c2)-c2ccccc2C32c3ccccc3-c3oc4ccccc4c32)c2ccc3c(c2)c2ccccc2n3-c2ccccc2)cc1. The number of rotatable bonds is 4. The lowest BCUT2D eigenvalue weighted by atomic mass is 9.70. The van der Waals surface area contributed by atoms with Gasteiger partial charge in [0.2, 0.25) is 0 Å². The monoisotopic (exact) mass is 688 g/mol. The predicted octanol–water partition coefficient (Wildman–Crippen LogP) is 13.3. The van der Waals surface area contributed by atoms with Crippen molar-refractivity contribution in [3.8, 4) is 28.1 Å². The van der Waals surface area contributed by atoms with Crippen molar-refractivity contribution in [3.63, 3.8) is 0 Å². The Labute approximate surface area is 312 Å². The molecule has 54 heavy (non-hydrogen) atoms. The zero-order valence-corrected chi connectivity index (χ0v) is 29.3. The van der Waals surface area contributed by atoms with Crippen LogP contribution in [0.5, 0.6) is 0 Å². The Kier molecular flexibility index (Phi) is 5.98. The van der Waals surface area contributed by atoms with E-state index in [9.17, 15) is 0 Å². The summed E-state index contributed by atoms with van der Waals surface area (Å²) in [6.07, 6.45) is 0. The van der Waals surface area contributed by atoms with E-state index < -0.39 is 5.41 Å². The van der Waals surface area contributed by atoms with Crippen molar-refractivity contribution < 1.29 is 4.42 Å². The number of anilines is 3. The molecule has 0 amide bonds. The van der Waals surface area contributed by atoms with E-state index in [-0.39, 0.29) is 0 Å². The van der Waals surface area contributed by atoms with Crippen LogP contribution in [0.4, 0.5) is 17.1 Å². The third-order valence-electron chi connectivity index (χ3n) is 11.8. The maximum absolute atomic E-state index is 6.72. The molecule has 8 aromatic carbocycles. The largest absolute Gasteiger partial charge is 0.456 e. The molecule has 2 aliphatic carbocycles. The molecular formula is C51H32N2O. The summed E-state index contributed by atoms with van der Waals surface area (Å²) < 4.78 is 9.09. The van der Waals surface area contributed by atoms with Gasteiger partial charge in [0, 0.05) is 50.0 Å². The molecule has 3 nitrogen and oxygen atoms in total. The Morgan fingerprint density at radius 3 is 1.83 bits per heavy atom. The van der Waals surface area contributed by atoms with E-state index in [1.54, 1.807) is 0 Å². The molecule has 2 aromatic heterocycles. The first-order valence-electron chi connectivity index (χ1n) is 18.6. The number of hydrogen-bond acceptors (Lipinski definition) is 2. The Morgan fingerprint density at radius 2 is 1.00 bits per heavy atom. The zero-order valence-electron chi connectivity index (χ0n) is 29.3. The van der Waals surface area contributed by atoms with Crippen LogP contribution in [0.1, 0.15) is 22.3 Å². The summed E-state index contributed by atoms with van der Waals surface area (Å²) >= 11 is 0. The average molecular weight is 689 g/mol. The molecule has 252 valence electrons. The van der Waals surface area contributed by atoms with Crippen molar-refractivity contribution in [3.05, 3.63) is 216 Å². The Balaban J connectivity index is 1.11. The summed E-state index contributed by atoms with van der Waals surface area (Å²) in [6, 6.07) is 70.5. The van der Waals surface area contributed by atoms with E-state index in [0.29, 0.717) is 0 Å². The Bertz CT molecular complexity index is 3120. The van der Waals surface area contributed by atoms with E-state index in [1.807, 2.05) is 0 Å². The molecule has 2 aliphatic rings. The van der Waals surface area contributed by atoms with Gasteiger partial charge in [-0.3, -0.25) is 0 Å². The second kappa shape index (κ2) is 11.0. The molecule has 1 atom stereocenters. The summed E-state index contributed by atoms with van der Waals surface area (Å²) in [5.41, 5.74) is 16.1. The molecule has 2 heterocycles. The van der Waals surface area contributed by atoms with Gasteiger partial charge in [0.25, 0.3) is 0 Å². The van der Waals surface area contributed by atoms with Gasteiger partial charge in [-0.15, -0.1) is 0 Å². The van der Waals surface area contributed by atoms with Gasteiger partial charge < -0.3 is 13.9 Å². The Morgan fingerprint density at radius 1 is 0.407 bits per heavy atom. The lowest BCUT2D eigenvalue weighted by Gasteiger charge is -2.30. The van der Waals surface area contributed by atoms with Crippen LogP contribution in [-0.2, 0) is 5.41 Å². The number of furan rings is 1. The fraction of sp³-hybridized carbons (Fsp3) is 0.0196. The van der Waals surface area contributed by atoms with Crippen molar-refractivity contribution in [2.45, 2.75) is 5.41 Å². The highest BCUT2D eigenvalue weighted by atomic mass is 16.3. The second-order valence-corrected chi connectivity index (χ2v) is 14.4. The molecule has 0 aliphatic heterocycles. The quantitative estimate of drug-likeness (QED) is 0.184. The smallest absolute Gasteiger partial charge is 0.140 e. The molecule has 0 fully saturated rings. The van der Waals surface area contributed by atoms with Crippen molar-refractivity contribution >= 4 is 49.8 Å². The highest BCUT2D eigenvalue weighted by Crippen LogP contribution is 2.65. The molecule has 1 unspecified atom stereocenters. The minimum Gasteiger partial charge on any atom is -0.456 e. The van der Waals surface area contributed by atoms with Crippen LogP contribution in [-0.4, -0.2) is 4.57 Å². The molecule has 0 radical (unpaired) electrons. The molecule has 3 heteroatoms. The first-order chi connectivity index (χ1) is 26.8. The molecule has 0 saturated heterocycles. The molecule has 0 bridgehead atoms. The van der Waals surface area contributed by atoms with E-state index in [1.165, 1.54) is 66.1 Å². The topological polar surface area (TPSA) is 21.3 Å². The maximum atomic E-state index is 6.72. The average Bonchev–Trinajstić information content (AvgIpc) is 3.95. The summed E-state index contributed by atoms with van der Waals surface area (Å²) in [5.74, 6) is 0.979. The van der Waals surface area contributed by atoms with Crippen molar-refractivity contribution in [2.24, 2.45) is 0 Å². The van der Waals surface area contributed by atoms with Crippen LogP contribution in [0.2, 0.25) is 0 Å². The number of fused-ring (bicyclic) bond motifs is 15. The molecular weight excluding hydrogens is 657 g/mol. The van der Waals surface area contributed by atoms with Crippen molar-refractivity contribution in [2.75, 3.05) is 4.90 Å². The van der Waals surface area contributed by atoms with Crippen LogP contribution in [0.15, 0.2) is 199 Å². The van der Waals surface area contributed by atoms with Crippen LogP contribution in [0.25, 0.3) is 60.9 Å². The summed E-state index contributed by atoms with van der Waals surface area (Å²) in [5, 5.41) is 3.63. The zero-order chi connectivity index (χ0) is 35.4. The van der Waals surface area contributed by atoms with Gasteiger partial charge in [-0.25, -0.2) is 0 Å². The fourth-order valence-corrected chi connectivity index (χ4v) is 9.70. The van der Waals surface area contributed by atoms with E-state index in [0.717, 1.165) is 34.1 Å². The van der Waals surface area contributed by atoms with Crippen LogP contribution < -0.4 is 4.90 Å². The van der Waals surface area contributed by atoms with Gasteiger partial charge >= 0.3 is 0 Å². The lowest BCUT2D eigenvalue weighted by molar-refractivity contribution is 0.628. The number of aromatic nitrogens is 1. The normalized spacial score (nSPS) is 15.1. The van der Waals surface area contributed by atoms with Crippen molar-refractivity contribution in [1.29, 1.82) is 0 Å². The van der Waals surface area contributed by atoms with Gasteiger partial charge in [0.15, 0.2) is 0 Å². The van der Waals surface area contributed by atoms with E-state index in [2.05, 4.69) is 204 Å². The third-order valence-corrected chi connectivity index (χ3v) is 11.8. The predicted molar refractivity (Wildman–Crippen MR) is 222 cm³/mol. The van der Waals surface area contributed by atoms with Crippen LogP contribution in [0.3, 0.4) is 0 Å². The molecule has 0 N–H and O–H groups in total. The number of hydrogen-bond donors (Lipinski definition) is 0. The molecule has 0 saturated carbocycles. The molecule has 1 spiro atoms. The lowest BCUT2D eigenvalue weighted by Crippen LogP contribution is -2.25. The van der Waals surface area contributed by atoms with Crippen LogP contribution >= 0.6 is 0 Å². The fourth-order valence-electron chi connectivity index (χ4n) is 9.70. The molecule has 12 rings (SSSR count). The standard InChI is InChI=1S/C51H32N2O/c1-3-15-33(16-4-1)52(36-28-30-47-42(32-36)38-20-9-13-25-46(38)53(47)34-17-5-2-6-18-34)35-27-29-45-41(31-35)37-19-7-11-23-43(37)51(45)44-24-12-8-21-39(44)50-49(51)40-22-10-14-26-48(40)54-50/h1-32H. The third kappa shape index (κ3) is 3.80. The highest BCUT2D eigenvalue weighted by Gasteiger charge is 2.54. The van der Waals surface area contributed by atoms with Gasteiger partial charge in [-0.1, -0.05) is 127 Å². The summed E-state index contributed by atoms with van der Waals surface area (Å²) in [7, 11) is 0. The van der Waals surface area contributed by atoms with Gasteiger partial charge in [0.05, 0.1) is 16.4 Å². The maximum Gasteiger partial charge on any atom is 0.140 e. The molecule has 10 aromatic rings. The summed E-state index contributed by atoms with van der Waals surface area (Å²) in [4.78, 5) is 2.41. The minimum atomic E-state index is -0.487.